The van der Waals surface area contributed by atoms with Gasteiger partial charge in [-0.15, -0.1) is 5.10 Å². The molecule has 2 aromatic heterocycles. The van der Waals surface area contributed by atoms with Gasteiger partial charge in [0.15, 0.2) is 5.65 Å². The summed E-state index contributed by atoms with van der Waals surface area (Å²) in [5, 5.41) is 7.90. The number of hydrogen-bond acceptors (Lipinski definition) is 4. The van der Waals surface area contributed by atoms with Gasteiger partial charge < -0.3 is 5.32 Å². The van der Waals surface area contributed by atoms with Gasteiger partial charge in [-0.05, 0) is 54.7 Å². The SMILES string of the molecule is Cc1cc(C)cc(Nc2nc3c(C4=CCc5ccccc54)nccn3n2)c1. The molecule has 1 aliphatic rings. The van der Waals surface area contributed by atoms with Gasteiger partial charge in [0.05, 0.1) is 0 Å². The van der Waals surface area contributed by atoms with E-state index in [4.69, 9.17) is 4.98 Å². The van der Waals surface area contributed by atoms with Gasteiger partial charge >= 0.3 is 0 Å². The fourth-order valence-electron chi connectivity index (χ4n) is 3.74. The van der Waals surface area contributed by atoms with Crippen molar-refractivity contribution in [1.29, 1.82) is 0 Å². The summed E-state index contributed by atoms with van der Waals surface area (Å²) < 4.78 is 1.79. The molecule has 0 radical (unpaired) electrons. The van der Waals surface area contributed by atoms with Crippen LogP contribution in [-0.2, 0) is 6.42 Å². The summed E-state index contributed by atoms with van der Waals surface area (Å²) in [6.45, 7) is 4.17. The van der Waals surface area contributed by atoms with Crippen molar-refractivity contribution in [2.45, 2.75) is 20.3 Å². The number of fused-ring (bicyclic) bond motifs is 2. The number of aryl methyl sites for hydroxylation is 2. The topological polar surface area (TPSA) is 55.1 Å². The van der Waals surface area contributed by atoms with Gasteiger partial charge in [0, 0.05) is 23.7 Å². The van der Waals surface area contributed by atoms with Crippen molar-refractivity contribution in [1.82, 2.24) is 19.6 Å². The summed E-state index contributed by atoms with van der Waals surface area (Å²) in [6, 6.07) is 14.8. The molecule has 0 fully saturated rings. The van der Waals surface area contributed by atoms with Gasteiger partial charge in [-0.25, -0.2) is 4.52 Å². The number of benzene rings is 2. The molecule has 4 aromatic rings. The highest BCUT2D eigenvalue weighted by Crippen LogP contribution is 2.33. The van der Waals surface area contributed by atoms with Crippen LogP contribution in [0.4, 0.5) is 11.6 Å². The molecule has 2 heterocycles. The van der Waals surface area contributed by atoms with E-state index >= 15 is 0 Å². The van der Waals surface area contributed by atoms with Crippen molar-refractivity contribution in [2.75, 3.05) is 5.32 Å². The number of aromatic nitrogens is 4. The molecule has 0 bridgehead atoms. The Labute approximate surface area is 157 Å². The smallest absolute Gasteiger partial charge is 0.247 e. The maximum atomic E-state index is 4.72. The lowest BCUT2D eigenvalue weighted by Gasteiger charge is -2.05. The van der Waals surface area contributed by atoms with Gasteiger partial charge in [-0.2, -0.15) is 4.98 Å². The maximum Gasteiger partial charge on any atom is 0.247 e. The highest BCUT2D eigenvalue weighted by Gasteiger charge is 2.20. The van der Waals surface area contributed by atoms with E-state index in [0.717, 1.165) is 29.0 Å². The zero-order valence-electron chi connectivity index (χ0n) is 15.3. The summed E-state index contributed by atoms with van der Waals surface area (Å²) in [5.74, 6) is 0.570. The fourth-order valence-corrected chi connectivity index (χ4v) is 3.74. The molecule has 0 unspecified atom stereocenters. The standard InChI is InChI=1S/C22H19N5/c1-14-11-15(2)13-17(12-14)24-22-25-21-20(23-9-10-27(21)26-22)19-8-7-16-5-3-4-6-18(16)19/h3-6,8-13H,7H2,1-2H3,(H,24,26). The summed E-state index contributed by atoms with van der Waals surface area (Å²) in [6.07, 6.45) is 6.76. The number of nitrogens with one attached hydrogen (secondary N) is 1. The Hall–Kier alpha value is -3.47. The van der Waals surface area contributed by atoms with Crippen LogP contribution >= 0.6 is 0 Å². The van der Waals surface area contributed by atoms with Gasteiger partial charge in [0.25, 0.3) is 0 Å². The molecule has 132 valence electrons. The van der Waals surface area contributed by atoms with Crippen LogP contribution < -0.4 is 5.32 Å². The van der Waals surface area contributed by atoms with E-state index in [1.165, 1.54) is 22.3 Å². The summed E-state index contributed by atoms with van der Waals surface area (Å²) in [4.78, 5) is 9.34. The summed E-state index contributed by atoms with van der Waals surface area (Å²) in [5.41, 5.74) is 8.70. The number of nitrogens with zero attached hydrogens (tertiary/aromatic N) is 4. The molecule has 0 saturated heterocycles. The number of rotatable bonds is 3. The molecule has 5 nitrogen and oxygen atoms in total. The Morgan fingerprint density at radius 2 is 1.85 bits per heavy atom. The molecule has 2 aromatic carbocycles. The van der Waals surface area contributed by atoms with Crippen LogP contribution in [0.2, 0.25) is 0 Å². The van der Waals surface area contributed by atoms with E-state index in [1.807, 2.05) is 6.20 Å². The average Bonchev–Trinajstić information content (AvgIpc) is 3.24. The second-order valence-electron chi connectivity index (χ2n) is 6.96. The predicted octanol–water partition coefficient (Wildman–Crippen LogP) is 4.47. The van der Waals surface area contributed by atoms with E-state index in [9.17, 15) is 0 Å². The van der Waals surface area contributed by atoms with Gasteiger partial charge in [-0.1, -0.05) is 36.4 Å². The largest absolute Gasteiger partial charge is 0.323 e. The predicted molar refractivity (Wildman–Crippen MR) is 107 cm³/mol. The molecule has 27 heavy (non-hydrogen) atoms. The van der Waals surface area contributed by atoms with Gasteiger partial charge in [-0.3, -0.25) is 4.98 Å². The van der Waals surface area contributed by atoms with Crippen LogP contribution in [0.3, 0.4) is 0 Å². The number of anilines is 2. The average molecular weight is 353 g/mol. The van der Waals surface area contributed by atoms with Crippen LogP contribution in [0, 0.1) is 13.8 Å². The van der Waals surface area contributed by atoms with Crippen LogP contribution in [0.1, 0.15) is 27.9 Å². The van der Waals surface area contributed by atoms with Crippen molar-refractivity contribution in [2.24, 2.45) is 0 Å². The Morgan fingerprint density at radius 3 is 2.70 bits per heavy atom. The third kappa shape index (κ3) is 2.77. The van der Waals surface area contributed by atoms with Crippen molar-refractivity contribution < 1.29 is 0 Å². The quantitative estimate of drug-likeness (QED) is 0.590. The number of allylic oxidation sites excluding steroid dienone is 1. The van der Waals surface area contributed by atoms with Crippen LogP contribution in [0.25, 0.3) is 11.2 Å². The van der Waals surface area contributed by atoms with Gasteiger partial charge in [0.1, 0.15) is 5.69 Å². The minimum absolute atomic E-state index is 0.570. The molecular weight excluding hydrogens is 334 g/mol. The van der Waals surface area contributed by atoms with Gasteiger partial charge in [0.2, 0.25) is 5.95 Å². The van der Waals surface area contributed by atoms with E-state index in [0.29, 0.717) is 5.95 Å². The highest BCUT2D eigenvalue weighted by molar-refractivity contribution is 5.88. The third-order valence-corrected chi connectivity index (χ3v) is 4.82. The Bertz CT molecular complexity index is 1180. The van der Waals surface area contributed by atoms with Crippen LogP contribution in [-0.4, -0.2) is 19.6 Å². The molecule has 0 saturated carbocycles. The molecule has 1 N–H and O–H groups in total. The Balaban J connectivity index is 1.57. The lowest BCUT2D eigenvalue weighted by molar-refractivity contribution is 0.945. The highest BCUT2D eigenvalue weighted by atomic mass is 15.3. The lowest BCUT2D eigenvalue weighted by atomic mass is 10.0. The van der Waals surface area contributed by atoms with Crippen LogP contribution in [0.5, 0.6) is 0 Å². The molecular formula is C22H19N5. The zero-order chi connectivity index (χ0) is 18.4. The van der Waals surface area contributed by atoms with Crippen LogP contribution in [0.15, 0.2) is 60.9 Å². The summed E-state index contributed by atoms with van der Waals surface area (Å²) >= 11 is 0. The third-order valence-electron chi connectivity index (χ3n) is 4.82. The van der Waals surface area contributed by atoms with E-state index in [1.54, 1.807) is 10.7 Å². The van der Waals surface area contributed by atoms with Crippen molar-refractivity contribution in [3.63, 3.8) is 0 Å². The minimum Gasteiger partial charge on any atom is -0.323 e. The zero-order valence-corrected chi connectivity index (χ0v) is 15.3. The van der Waals surface area contributed by atoms with Crippen molar-refractivity contribution in [3.05, 3.63) is 88.9 Å². The normalized spacial score (nSPS) is 12.9. The first-order chi connectivity index (χ1) is 13.2. The molecule has 1 aliphatic carbocycles. The lowest BCUT2D eigenvalue weighted by Crippen LogP contribution is -1.97. The van der Waals surface area contributed by atoms with E-state index in [2.05, 4.69) is 77.8 Å². The maximum absolute atomic E-state index is 4.72. The molecule has 0 aliphatic heterocycles. The first kappa shape index (κ1) is 15.8. The van der Waals surface area contributed by atoms with Crippen molar-refractivity contribution >= 4 is 22.9 Å². The van der Waals surface area contributed by atoms with E-state index in [-0.39, 0.29) is 0 Å². The fraction of sp³-hybridized carbons (Fsp3) is 0.136. The van der Waals surface area contributed by atoms with E-state index < -0.39 is 0 Å². The molecule has 0 spiro atoms. The molecule has 0 atom stereocenters. The van der Waals surface area contributed by atoms with Crippen molar-refractivity contribution in [3.8, 4) is 0 Å². The summed E-state index contributed by atoms with van der Waals surface area (Å²) in [7, 11) is 0. The Morgan fingerprint density at radius 1 is 1.04 bits per heavy atom. The Kier molecular flexibility index (Phi) is 3.53. The first-order valence-electron chi connectivity index (χ1n) is 9.03. The number of hydrogen-bond donors (Lipinski definition) is 1. The molecule has 0 amide bonds. The monoisotopic (exact) mass is 353 g/mol. The first-order valence-corrected chi connectivity index (χ1v) is 9.03. The second-order valence-corrected chi connectivity index (χ2v) is 6.96. The molecule has 5 heteroatoms. The second kappa shape index (κ2) is 6.06. The molecule has 5 rings (SSSR count). The minimum atomic E-state index is 0.570.